The second-order valence-electron chi connectivity index (χ2n) is 10.3. The quantitative estimate of drug-likeness (QED) is 0.506. The van der Waals surface area contributed by atoms with Crippen LogP contribution in [0, 0.1) is 41.4 Å². The third-order valence-corrected chi connectivity index (χ3v) is 8.90. The van der Waals surface area contributed by atoms with Crippen LogP contribution in [0.2, 0.25) is 0 Å². The van der Waals surface area contributed by atoms with Crippen LogP contribution in [0.5, 0.6) is 0 Å². The van der Waals surface area contributed by atoms with E-state index < -0.39 is 0 Å². The van der Waals surface area contributed by atoms with Crippen molar-refractivity contribution in [3.05, 3.63) is 0 Å². The number of hydrogen-bond donors (Lipinski definition) is 1. The first kappa shape index (κ1) is 20.7. The first-order valence-electron chi connectivity index (χ1n) is 12.4. The molecule has 3 atom stereocenters. The molecule has 0 aromatic carbocycles. The molecule has 1 nitrogen and oxygen atoms in total. The molecule has 3 saturated carbocycles. The maximum atomic E-state index is 9.21. The number of rotatable bonds is 7. The highest BCUT2D eigenvalue weighted by Gasteiger charge is 2.38. The molecule has 152 valence electrons. The smallest absolute Gasteiger partial charge is 0.0433 e. The second-order valence-corrected chi connectivity index (χ2v) is 10.3. The van der Waals surface area contributed by atoms with Crippen molar-refractivity contribution in [2.24, 2.45) is 41.4 Å². The lowest BCUT2D eigenvalue weighted by molar-refractivity contribution is 0.0510. The van der Waals surface area contributed by atoms with Crippen LogP contribution >= 0.6 is 0 Å². The molecule has 0 saturated heterocycles. The van der Waals surface area contributed by atoms with Gasteiger partial charge in [0.25, 0.3) is 0 Å². The second kappa shape index (κ2) is 10.5. The van der Waals surface area contributed by atoms with E-state index in [1.807, 2.05) is 0 Å². The van der Waals surface area contributed by atoms with Crippen molar-refractivity contribution in [1.29, 1.82) is 0 Å². The van der Waals surface area contributed by atoms with Crippen LogP contribution in [0.4, 0.5) is 0 Å². The van der Waals surface area contributed by atoms with Crippen molar-refractivity contribution in [3.8, 4) is 0 Å². The fourth-order valence-corrected chi connectivity index (χ4v) is 7.29. The van der Waals surface area contributed by atoms with E-state index in [0.29, 0.717) is 6.61 Å². The Hall–Kier alpha value is -0.0400. The Bertz CT molecular complexity index is 376. The van der Waals surface area contributed by atoms with Crippen LogP contribution in [-0.2, 0) is 0 Å². The molecule has 1 N–H and O–H groups in total. The fourth-order valence-electron chi connectivity index (χ4n) is 7.29. The highest BCUT2D eigenvalue weighted by atomic mass is 16.3. The van der Waals surface area contributed by atoms with Crippen molar-refractivity contribution in [2.45, 2.75) is 110 Å². The topological polar surface area (TPSA) is 20.2 Å². The molecule has 26 heavy (non-hydrogen) atoms. The van der Waals surface area contributed by atoms with Crippen molar-refractivity contribution in [1.82, 2.24) is 0 Å². The standard InChI is InChI=1S/C25H46O/c1-3-5-19-6-10-22(11-7-19)24-14-15-25(21(4-2)18-24)23-12-8-20(9-13-23)16-17-26/h19-26H,3-18H2,1-2H3. The van der Waals surface area contributed by atoms with Crippen LogP contribution < -0.4 is 0 Å². The van der Waals surface area contributed by atoms with Gasteiger partial charge in [0, 0.05) is 6.61 Å². The van der Waals surface area contributed by atoms with Crippen molar-refractivity contribution < 1.29 is 5.11 Å². The minimum Gasteiger partial charge on any atom is -0.396 e. The van der Waals surface area contributed by atoms with Crippen LogP contribution in [0.15, 0.2) is 0 Å². The molecule has 0 aliphatic heterocycles. The zero-order chi connectivity index (χ0) is 18.4. The van der Waals surface area contributed by atoms with Crippen LogP contribution in [0.25, 0.3) is 0 Å². The Morgan fingerprint density at radius 2 is 1.23 bits per heavy atom. The molecule has 1 heteroatoms. The van der Waals surface area contributed by atoms with Gasteiger partial charge in [-0.15, -0.1) is 0 Å². The van der Waals surface area contributed by atoms with Gasteiger partial charge >= 0.3 is 0 Å². The summed E-state index contributed by atoms with van der Waals surface area (Å²) in [6.45, 7) is 5.23. The summed E-state index contributed by atoms with van der Waals surface area (Å²) in [4.78, 5) is 0. The molecule has 0 radical (unpaired) electrons. The van der Waals surface area contributed by atoms with Gasteiger partial charge in [-0.2, -0.15) is 0 Å². The molecule has 0 amide bonds. The Kier molecular flexibility index (Phi) is 8.35. The van der Waals surface area contributed by atoms with Gasteiger partial charge in [0.1, 0.15) is 0 Å². The summed E-state index contributed by atoms with van der Waals surface area (Å²) in [6.07, 6.45) is 21.8. The van der Waals surface area contributed by atoms with E-state index in [1.165, 1.54) is 64.2 Å². The molecule has 3 fully saturated rings. The minimum absolute atomic E-state index is 0.401. The van der Waals surface area contributed by atoms with Gasteiger partial charge in [0.05, 0.1) is 0 Å². The highest BCUT2D eigenvalue weighted by Crippen LogP contribution is 2.49. The van der Waals surface area contributed by atoms with E-state index in [4.69, 9.17) is 0 Å². The number of aliphatic hydroxyl groups is 1. The van der Waals surface area contributed by atoms with Crippen molar-refractivity contribution >= 4 is 0 Å². The molecule has 0 spiro atoms. The van der Waals surface area contributed by atoms with Gasteiger partial charge in [-0.25, -0.2) is 0 Å². The summed E-state index contributed by atoms with van der Waals surface area (Å²) in [6, 6.07) is 0. The van der Waals surface area contributed by atoms with Crippen LogP contribution in [-0.4, -0.2) is 11.7 Å². The van der Waals surface area contributed by atoms with Crippen LogP contribution in [0.1, 0.15) is 110 Å². The van der Waals surface area contributed by atoms with E-state index >= 15 is 0 Å². The van der Waals surface area contributed by atoms with E-state index in [0.717, 1.165) is 47.8 Å². The summed E-state index contributed by atoms with van der Waals surface area (Å²) in [5, 5.41) is 9.21. The molecule has 0 aromatic rings. The Labute approximate surface area is 163 Å². The van der Waals surface area contributed by atoms with E-state index in [1.54, 1.807) is 25.7 Å². The molecular weight excluding hydrogens is 316 g/mol. The molecule has 0 bridgehead atoms. The first-order valence-corrected chi connectivity index (χ1v) is 12.4. The predicted octanol–water partition coefficient (Wildman–Crippen LogP) is 7.22. The third kappa shape index (κ3) is 5.27. The van der Waals surface area contributed by atoms with Gasteiger partial charge in [-0.1, -0.05) is 58.8 Å². The Morgan fingerprint density at radius 3 is 1.81 bits per heavy atom. The summed E-state index contributed by atoms with van der Waals surface area (Å²) in [5.74, 6) is 7.07. The zero-order valence-electron chi connectivity index (χ0n) is 17.8. The van der Waals surface area contributed by atoms with Gasteiger partial charge in [-0.3, -0.25) is 0 Å². The Morgan fingerprint density at radius 1 is 0.654 bits per heavy atom. The zero-order valence-corrected chi connectivity index (χ0v) is 17.8. The normalized spacial score (nSPS) is 41.9. The predicted molar refractivity (Wildman–Crippen MR) is 112 cm³/mol. The molecule has 0 aromatic heterocycles. The lowest BCUT2D eigenvalue weighted by Crippen LogP contribution is -2.35. The number of hydrogen-bond acceptors (Lipinski definition) is 1. The number of aliphatic hydroxyl groups excluding tert-OH is 1. The largest absolute Gasteiger partial charge is 0.396 e. The monoisotopic (exact) mass is 362 g/mol. The van der Waals surface area contributed by atoms with Gasteiger partial charge < -0.3 is 5.11 Å². The average Bonchev–Trinajstić information content (AvgIpc) is 2.69. The molecule has 3 rings (SSSR count). The maximum Gasteiger partial charge on any atom is 0.0433 e. The molecule has 3 unspecified atom stereocenters. The van der Waals surface area contributed by atoms with Crippen molar-refractivity contribution in [2.75, 3.05) is 6.61 Å². The molecule has 3 aliphatic rings. The third-order valence-electron chi connectivity index (χ3n) is 8.90. The van der Waals surface area contributed by atoms with Gasteiger partial charge in [-0.05, 0) is 92.8 Å². The lowest BCUT2D eigenvalue weighted by Gasteiger charge is -2.45. The first-order chi connectivity index (χ1) is 12.7. The van der Waals surface area contributed by atoms with Crippen LogP contribution in [0.3, 0.4) is 0 Å². The Balaban J connectivity index is 1.47. The van der Waals surface area contributed by atoms with Gasteiger partial charge in [0.2, 0.25) is 0 Å². The summed E-state index contributed by atoms with van der Waals surface area (Å²) in [5.41, 5.74) is 0. The SMILES string of the molecule is CCCC1CCC(C2CCC(C3CCC(CCO)CC3)C(CC)C2)CC1. The van der Waals surface area contributed by atoms with Gasteiger partial charge in [0.15, 0.2) is 0 Å². The lowest BCUT2D eigenvalue weighted by atomic mass is 9.60. The van der Waals surface area contributed by atoms with Crippen molar-refractivity contribution in [3.63, 3.8) is 0 Å². The summed E-state index contributed by atoms with van der Waals surface area (Å²) < 4.78 is 0. The molecular formula is C25H46O. The highest BCUT2D eigenvalue weighted by molar-refractivity contribution is 4.89. The molecule has 0 heterocycles. The van der Waals surface area contributed by atoms with E-state index in [9.17, 15) is 5.11 Å². The average molecular weight is 363 g/mol. The van der Waals surface area contributed by atoms with E-state index in [2.05, 4.69) is 13.8 Å². The minimum atomic E-state index is 0.401. The fraction of sp³-hybridized carbons (Fsp3) is 1.00. The molecule has 3 aliphatic carbocycles. The summed E-state index contributed by atoms with van der Waals surface area (Å²) in [7, 11) is 0. The maximum absolute atomic E-state index is 9.21. The summed E-state index contributed by atoms with van der Waals surface area (Å²) >= 11 is 0. The van der Waals surface area contributed by atoms with E-state index in [-0.39, 0.29) is 0 Å².